The molecule has 1 aromatic carbocycles. The smallest absolute Gasteiger partial charge is 0.323 e. The summed E-state index contributed by atoms with van der Waals surface area (Å²) in [6.45, 7) is 0.619. The predicted octanol–water partition coefficient (Wildman–Crippen LogP) is 3.43. The van der Waals surface area contributed by atoms with Crippen LogP contribution in [0.3, 0.4) is 0 Å². The highest BCUT2D eigenvalue weighted by molar-refractivity contribution is 9.11. The fourth-order valence-electron chi connectivity index (χ4n) is 0.974. The first kappa shape index (κ1) is 15.5. The van der Waals surface area contributed by atoms with E-state index in [0.717, 1.165) is 0 Å². The molecule has 0 fully saturated rings. The van der Waals surface area contributed by atoms with Crippen LogP contribution in [0, 0.1) is 0 Å². The summed E-state index contributed by atoms with van der Waals surface area (Å²) in [5, 5.41) is 2.14. The highest BCUT2D eigenvalue weighted by atomic mass is 79.9. The topological polar surface area (TPSA) is 55.1 Å². The Labute approximate surface area is 118 Å². The van der Waals surface area contributed by atoms with E-state index in [0.29, 0.717) is 15.9 Å². The van der Waals surface area contributed by atoms with Crippen molar-refractivity contribution in [3.05, 3.63) is 27.1 Å². The van der Waals surface area contributed by atoms with Crippen LogP contribution >= 0.6 is 31.9 Å². The normalized spacial score (nSPS) is 15.1. The molecule has 100 valence electrons. The minimum atomic E-state index is -4.82. The Morgan fingerprint density at radius 3 is 2.39 bits per heavy atom. The van der Waals surface area contributed by atoms with E-state index in [1.807, 2.05) is 0 Å². The second-order valence-electron chi connectivity index (χ2n) is 3.78. The number of hydrogen-bond acceptors (Lipinski definition) is 2. The molecule has 1 aromatic rings. The Morgan fingerprint density at radius 1 is 1.33 bits per heavy atom. The number of halogens is 5. The number of amides is 1. The maximum atomic E-state index is 12.6. The number of nitrogens with two attached hydrogens (primary N) is 1. The van der Waals surface area contributed by atoms with Crippen LogP contribution in [0.25, 0.3) is 0 Å². The summed E-state index contributed by atoms with van der Waals surface area (Å²) in [5.41, 5.74) is 2.26. The van der Waals surface area contributed by atoms with E-state index < -0.39 is 17.6 Å². The van der Waals surface area contributed by atoms with Crippen LogP contribution in [0.5, 0.6) is 0 Å². The van der Waals surface area contributed by atoms with Crippen molar-refractivity contribution in [3.63, 3.8) is 0 Å². The van der Waals surface area contributed by atoms with Crippen LogP contribution in [0.1, 0.15) is 6.92 Å². The number of rotatable bonds is 2. The molecule has 0 saturated heterocycles. The van der Waals surface area contributed by atoms with Gasteiger partial charge in [-0.25, -0.2) is 0 Å². The van der Waals surface area contributed by atoms with Crippen molar-refractivity contribution >= 4 is 43.5 Å². The largest absolute Gasteiger partial charge is 0.415 e. The molecule has 0 spiro atoms. The van der Waals surface area contributed by atoms with Crippen molar-refractivity contribution in [2.45, 2.75) is 18.6 Å². The van der Waals surface area contributed by atoms with Crippen LogP contribution in [0.4, 0.5) is 18.9 Å². The van der Waals surface area contributed by atoms with Gasteiger partial charge in [0.25, 0.3) is 5.91 Å². The van der Waals surface area contributed by atoms with Crippen LogP contribution in [-0.4, -0.2) is 17.6 Å². The molecule has 0 aliphatic carbocycles. The Hall–Kier alpha value is -0.600. The Balaban J connectivity index is 2.98. The molecule has 1 amide bonds. The van der Waals surface area contributed by atoms with Gasteiger partial charge in [-0.3, -0.25) is 4.79 Å². The van der Waals surface area contributed by atoms with Gasteiger partial charge in [-0.2, -0.15) is 13.2 Å². The minimum absolute atomic E-state index is 0.204. The number of hydrogen-bond donors (Lipinski definition) is 2. The number of anilines is 1. The molecule has 0 bridgehead atoms. The molecular weight excluding hydrogens is 381 g/mol. The summed E-state index contributed by atoms with van der Waals surface area (Å²) in [7, 11) is 0. The quantitative estimate of drug-likeness (QED) is 0.814. The van der Waals surface area contributed by atoms with Crippen molar-refractivity contribution in [3.8, 4) is 0 Å². The highest BCUT2D eigenvalue weighted by Crippen LogP contribution is 2.31. The van der Waals surface area contributed by atoms with Gasteiger partial charge in [0.2, 0.25) is 0 Å². The average Bonchev–Trinajstić information content (AvgIpc) is 2.21. The van der Waals surface area contributed by atoms with Gasteiger partial charge in [-0.1, -0.05) is 15.9 Å². The fraction of sp³-hybridized carbons (Fsp3) is 0.300. The molecule has 1 rings (SSSR count). The van der Waals surface area contributed by atoms with E-state index in [-0.39, 0.29) is 5.69 Å². The number of alkyl halides is 3. The third kappa shape index (κ3) is 3.24. The maximum Gasteiger partial charge on any atom is 0.415 e. The first-order valence-electron chi connectivity index (χ1n) is 4.68. The maximum absolute atomic E-state index is 12.6. The molecule has 3 nitrogen and oxygen atoms in total. The summed E-state index contributed by atoms with van der Waals surface area (Å²) in [5.74, 6) is -1.33. The lowest BCUT2D eigenvalue weighted by Gasteiger charge is -2.26. The molecule has 0 aliphatic rings. The number of carbonyl (C=O) groups excluding carboxylic acids is 1. The molecule has 0 heterocycles. The van der Waals surface area contributed by atoms with E-state index in [1.165, 1.54) is 6.07 Å². The van der Waals surface area contributed by atoms with Gasteiger partial charge < -0.3 is 11.1 Å². The van der Waals surface area contributed by atoms with Crippen LogP contribution in [0.15, 0.2) is 27.1 Å². The predicted molar refractivity (Wildman–Crippen MR) is 69.1 cm³/mol. The lowest BCUT2D eigenvalue weighted by Crippen LogP contribution is -2.59. The molecular formula is C10H9Br2F3N2O. The summed E-state index contributed by atoms with van der Waals surface area (Å²) in [6.07, 6.45) is -4.82. The molecule has 8 heteroatoms. The molecule has 0 saturated carbocycles. The lowest BCUT2D eigenvalue weighted by atomic mass is 10.0. The van der Waals surface area contributed by atoms with Crippen molar-refractivity contribution in [2.75, 3.05) is 5.32 Å². The third-order valence-corrected chi connectivity index (χ3v) is 3.42. The van der Waals surface area contributed by atoms with Crippen molar-refractivity contribution < 1.29 is 18.0 Å². The fourth-order valence-corrected chi connectivity index (χ4v) is 1.68. The average molecular weight is 390 g/mol. The standard InChI is InChI=1S/C10H9Br2F3N2O/c1-9(16,10(13,14)15)8(18)17-7-4-5(11)2-3-6(7)12/h2-4H,16H2,1H3,(H,17,18). The van der Waals surface area contributed by atoms with Gasteiger partial charge in [-0.15, -0.1) is 0 Å². The minimum Gasteiger partial charge on any atom is -0.323 e. The van der Waals surface area contributed by atoms with E-state index in [9.17, 15) is 18.0 Å². The Kier molecular flexibility index (Phi) is 4.45. The molecule has 18 heavy (non-hydrogen) atoms. The zero-order valence-corrected chi connectivity index (χ0v) is 12.3. The third-order valence-electron chi connectivity index (χ3n) is 2.24. The molecule has 0 aromatic heterocycles. The summed E-state index contributed by atoms with van der Waals surface area (Å²) < 4.78 is 38.8. The second-order valence-corrected chi connectivity index (χ2v) is 5.55. The van der Waals surface area contributed by atoms with Gasteiger partial charge in [0.15, 0.2) is 5.54 Å². The number of carbonyl (C=O) groups is 1. The monoisotopic (exact) mass is 388 g/mol. The summed E-state index contributed by atoms with van der Waals surface area (Å²) >= 11 is 6.27. The molecule has 1 atom stereocenters. The second kappa shape index (κ2) is 5.18. The first-order valence-corrected chi connectivity index (χ1v) is 6.26. The lowest BCUT2D eigenvalue weighted by molar-refractivity contribution is -0.184. The van der Waals surface area contributed by atoms with Crippen LogP contribution in [-0.2, 0) is 4.79 Å². The van der Waals surface area contributed by atoms with Gasteiger partial charge in [0.1, 0.15) is 0 Å². The van der Waals surface area contributed by atoms with E-state index in [1.54, 1.807) is 12.1 Å². The van der Waals surface area contributed by atoms with Gasteiger partial charge in [0.05, 0.1) is 5.69 Å². The highest BCUT2D eigenvalue weighted by Gasteiger charge is 2.54. The van der Waals surface area contributed by atoms with Gasteiger partial charge >= 0.3 is 6.18 Å². The zero-order valence-electron chi connectivity index (χ0n) is 9.11. The summed E-state index contributed by atoms with van der Waals surface area (Å²) in [6, 6.07) is 4.72. The van der Waals surface area contributed by atoms with Crippen molar-refractivity contribution in [2.24, 2.45) is 5.73 Å². The van der Waals surface area contributed by atoms with Crippen LogP contribution in [0.2, 0.25) is 0 Å². The SMILES string of the molecule is CC(N)(C(=O)Nc1cc(Br)ccc1Br)C(F)(F)F. The van der Waals surface area contributed by atoms with Crippen molar-refractivity contribution in [1.29, 1.82) is 0 Å². The van der Waals surface area contributed by atoms with Gasteiger partial charge in [0, 0.05) is 8.95 Å². The summed E-state index contributed by atoms with van der Waals surface area (Å²) in [4.78, 5) is 11.6. The molecule has 1 unspecified atom stereocenters. The van der Waals surface area contributed by atoms with Gasteiger partial charge in [-0.05, 0) is 41.1 Å². The number of benzene rings is 1. The van der Waals surface area contributed by atoms with E-state index in [2.05, 4.69) is 37.2 Å². The Bertz CT molecular complexity index is 475. The first-order chi connectivity index (χ1) is 8.05. The molecule has 0 radical (unpaired) electrons. The Morgan fingerprint density at radius 2 is 1.89 bits per heavy atom. The van der Waals surface area contributed by atoms with Crippen molar-refractivity contribution in [1.82, 2.24) is 0 Å². The molecule has 0 aliphatic heterocycles. The van der Waals surface area contributed by atoms with E-state index in [4.69, 9.17) is 5.73 Å². The van der Waals surface area contributed by atoms with Crippen LogP contribution < -0.4 is 11.1 Å². The van der Waals surface area contributed by atoms with E-state index >= 15 is 0 Å². The molecule has 3 N–H and O–H groups in total. The zero-order chi connectivity index (χ0) is 14.1. The number of nitrogens with one attached hydrogen (secondary N) is 1.